The third-order valence-electron chi connectivity index (χ3n) is 4.67. The molecular weight excluding hydrogens is 380 g/mol. The van der Waals surface area contributed by atoms with E-state index in [0.717, 1.165) is 31.2 Å². The summed E-state index contributed by atoms with van der Waals surface area (Å²) in [5.41, 5.74) is -0.759. The van der Waals surface area contributed by atoms with Gasteiger partial charge in [0.05, 0.1) is 17.2 Å². The normalized spacial score (nSPS) is 17.0. The van der Waals surface area contributed by atoms with Crippen molar-refractivity contribution in [3.63, 3.8) is 0 Å². The van der Waals surface area contributed by atoms with E-state index in [-0.39, 0.29) is 18.4 Å². The predicted molar refractivity (Wildman–Crippen MR) is 93.2 cm³/mol. The molecule has 1 saturated heterocycles. The molecule has 2 aromatic rings. The highest BCUT2D eigenvalue weighted by Gasteiger charge is 2.32. The topological polar surface area (TPSA) is 62.7 Å². The van der Waals surface area contributed by atoms with Gasteiger partial charge in [-0.15, -0.1) is 0 Å². The second kappa shape index (κ2) is 7.65. The first kappa shape index (κ1) is 19.9. The van der Waals surface area contributed by atoms with Crippen LogP contribution in [0.5, 0.6) is 5.75 Å². The fraction of sp³-hybridized carbons (Fsp3) is 0.368. The fourth-order valence-electron chi connectivity index (χ4n) is 3.20. The monoisotopic (exact) mass is 398 g/mol. The molecule has 1 atom stereocenters. The molecule has 1 fully saturated rings. The van der Waals surface area contributed by atoms with E-state index in [1.165, 1.54) is 12.1 Å². The van der Waals surface area contributed by atoms with Crippen molar-refractivity contribution in [1.29, 1.82) is 0 Å². The molecule has 1 aromatic carbocycles. The number of hydrogen-bond acceptors (Lipinski definition) is 4. The first-order chi connectivity index (χ1) is 13.2. The van der Waals surface area contributed by atoms with Gasteiger partial charge in [-0.3, -0.25) is 0 Å². The number of aromatic nitrogens is 1. The maximum absolute atomic E-state index is 13.9. The van der Waals surface area contributed by atoms with Gasteiger partial charge in [0.2, 0.25) is 0 Å². The van der Waals surface area contributed by atoms with E-state index in [0.29, 0.717) is 17.9 Å². The van der Waals surface area contributed by atoms with Gasteiger partial charge in [-0.1, -0.05) is 0 Å². The number of nitrogens with zero attached hydrogens (tertiary/aromatic N) is 2. The van der Waals surface area contributed by atoms with Gasteiger partial charge in [0.1, 0.15) is 24.0 Å². The second-order valence-electron chi connectivity index (χ2n) is 6.61. The van der Waals surface area contributed by atoms with Gasteiger partial charge >= 0.3 is 12.1 Å². The second-order valence-corrected chi connectivity index (χ2v) is 6.61. The highest BCUT2D eigenvalue weighted by atomic mass is 19.4. The number of hydrogen-bond donors (Lipinski definition) is 1. The van der Waals surface area contributed by atoms with Gasteiger partial charge in [-0.25, -0.2) is 14.2 Å². The van der Waals surface area contributed by atoms with Gasteiger partial charge in [-0.05, 0) is 43.5 Å². The molecule has 0 unspecified atom stereocenters. The van der Waals surface area contributed by atoms with Crippen LogP contribution in [0, 0.1) is 12.7 Å². The number of alkyl halides is 3. The Kier molecular flexibility index (Phi) is 5.44. The highest BCUT2D eigenvalue weighted by molar-refractivity contribution is 5.88. The quantitative estimate of drug-likeness (QED) is 0.762. The van der Waals surface area contributed by atoms with Crippen molar-refractivity contribution >= 4 is 11.8 Å². The maximum Gasteiger partial charge on any atom is 0.417 e. The molecule has 0 aliphatic carbocycles. The van der Waals surface area contributed by atoms with Crippen molar-refractivity contribution < 1.29 is 32.2 Å². The molecule has 3 rings (SSSR count). The molecule has 0 radical (unpaired) electrons. The molecule has 150 valence electrons. The van der Waals surface area contributed by atoms with Crippen LogP contribution in [0.1, 0.15) is 34.3 Å². The van der Waals surface area contributed by atoms with E-state index in [4.69, 9.17) is 9.84 Å². The number of benzene rings is 1. The Bertz CT molecular complexity index is 869. The van der Waals surface area contributed by atoms with Crippen molar-refractivity contribution in [2.75, 3.05) is 18.1 Å². The number of aromatic carboxylic acids is 1. The summed E-state index contributed by atoms with van der Waals surface area (Å²) in [5, 5.41) is 8.95. The van der Waals surface area contributed by atoms with E-state index in [1.807, 2.05) is 4.90 Å². The lowest BCUT2D eigenvalue weighted by molar-refractivity contribution is -0.137. The van der Waals surface area contributed by atoms with Gasteiger partial charge in [0.25, 0.3) is 0 Å². The third-order valence-corrected chi connectivity index (χ3v) is 4.67. The highest BCUT2D eigenvalue weighted by Crippen LogP contribution is 2.31. The zero-order valence-electron chi connectivity index (χ0n) is 15.0. The van der Waals surface area contributed by atoms with Crippen LogP contribution in [0.15, 0.2) is 30.5 Å². The summed E-state index contributed by atoms with van der Waals surface area (Å²) in [6.07, 6.45) is -2.07. The molecular formula is C19H18F4N2O3. The predicted octanol–water partition coefficient (Wildman–Crippen LogP) is 4.29. The van der Waals surface area contributed by atoms with Crippen LogP contribution in [0.3, 0.4) is 0 Å². The molecule has 1 aliphatic rings. The number of pyridine rings is 1. The van der Waals surface area contributed by atoms with Crippen molar-refractivity contribution in [2.24, 2.45) is 0 Å². The van der Waals surface area contributed by atoms with Crippen molar-refractivity contribution in [2.45, 2.75) is 32.0 Å². The molecule has 1 aliphatic heterocycles. The molecule has 0 saturated carbocycles. The van der Waals surface area contributed by atoms with Crippen LogP contribution in [0.2, 0.25) is 0 Å². The smallest absolute Gasteiger partial charge is 0.417 e. The Labute approximate surface area is 158 Å². The minimum absolute atomic E-state index is 0.133. The van der Waals surface area contributed by atoms with E-state index in [9.17, 15) is 22.4 Å². The minimum Gasteiger partial charge on any atom is -0.491 e. The van der Waals surface area contributed by atoms with E-state index >= 15 is 0 Å². The Morgan fingerprint density at radius 2 is 2.11 bits per heavy atom. The van der Waals surface area contributed by atoms with Crippen molar-refractivity contribution in [3.05, 3.63) is 53.0 Å². The number of halogens is 4. The van der Waals surface area contributed by atoms with Gasteiger partial charge in [-0.2, -0.15) is 13.2 Å². The number of carbonyl (C=O) groups is 1. The summed E-state index contributed by atoms with van der Waals surface area (Å²) in [4.78, 5) is 16.8. The van der Waals surface area contributed by atoms with Crippen LogP contribution in [-0.2, 0) is 6.18 Å². The largest absolute Gasteiger partial charge is 0.491 e. The molecule has 1 aromatic heterocycles. The lowest BCUT2D eigenvalue weighted by atomic mass is 10.1. The summed E-state index contributed by atoms with van der Waals surface area (Å²) >= 11 is 0. The number of rotatable bonds is 5. The van der Waals surface area contributed by atoms with Crippen LogP contribution in [-0.4, -0.2) is 35.3 Å². The summed E-state index contributed by atoms with van der Waals surface area (Å²) in [7, 11) is 0. The van der Waals surface area contributed by atoms with Gasteiger partial charge in [0.15, 0.2) is 0 Å². The number of carboxylic acid groups (broad SMARTS) is 1. The summed E-state index contributed by atoms with van der Waals surface area (Å²) in [6, 6.07) is 4.42. The number of aryl methyl sites for hydroxylation is 1. The Balaban J connectivity index is 1.71. The minimum atomic E-state index is -4.44. The van der Waals surface area contributed by atoms with Crippen LogP contribution in [0.25, 0.3) is 0 Å². The van der Waals surface area contributed by atoms with Crippen molar-refractivity contribution in [1.82, 2.24) is 4.98 Å². The maximum atomic E-state index is 13.9. The van der Waals surface area contributed by atoms with Crippen LogP contribution >= 0.6 is 0 Å². The number of ether oxygens (including phenoxy) is 1. The lowest BCUT2D eigenvalue weighted by Crippen LogP contribution is -2.35. The first-order valence-electron chi connectivity index (χ1n) is 8.63. The van der Waals surface area contributed by atoms with Gasteiger partial charge in [0, 0.05) is 18.8 Å². The van der Waals surface area contributed by atoms with Crippen molar-refractivity contribution in [3.8, 4) is 5.75 Å². The van der Waals surface area contributed by atoms with Crippen LogP contribution < -0.4 is 9.64 Å². The first-order valence-corrected chi connectivity index (χ1v) is 8.63. The van der Waals surface area contributed by atoms with Crippen LogP contribution in [0.4, 0.5) is 23.4 Å². The zero-order chi connectivity index (χ0) is 20.5. The molecule has 28 heavy (non-hydrogen) atoms. The molecule has 5 nitrogen and oxygen atoms in total. The number of anilines is 1. The standard InChI is InChI=1S/C19H18F4N2O3/c1-11-7-14(18(26)27)15(20)8-16(11)28-10-13-3-2-6-25(13)17-5-4-12(9-24-17)19(21,22)23/h4-5,7-9,13H,2-3,6,10H2,1H3,(H,26,27)/t13-/m1/s1. The molecule has 0 bridgehead atoms. The van der Waals surface area contributed by atoms with E-state index in [2.05, 4.69) is 4.98 Å². The zero-order valence-corrected chi connectivity index (χ0v) is 15.0. The van der Waals surface area contributed by atoms with E-state index < -0.39 is 29.1 Å². The Morgan fingerprint density at radius 3 is 2.71 bits per heavy atom. The summed E-state index contributed by atoms with van der Waals surface area (Å²) in [6.45, 7) is 2.41. The fourth-order valence-corrected chi connectivity index (χ4v) is 3.20. The molecule has 9 heteroatoms. The molecule has 2 heterocycles. The Morgan fingerprint density at radius 1 is 1.36 bits per heavy atom. The molecule has 0 spiro atoms. The molecule has 1 N–H and O–H groups in total. The van der Waals surface area contributed by atoms with Gasteiger partial charge < -0.3 is 14.7 Å². The average molecular weight is 398 g/mol. The average Bonchev–Trinajstić information content (AvgIpc) is 3.09. The SMILES string of the molecule is Cc1cc(C(=O)O)c(F)cc1OC[C@H]1CCCN1c1ccc(C(F)(F)F)cn1. The lowest BCUT2D eigenvalue weighted by Gasteiger charge is -2.26. The molecule has 0 amide bonds. The summed E-state index contributed by atoms with van der Waals surface area (Å²) < 4.78 is 57.6. The van der Waals surface area contributed by atoms with E-state index in [1.54, 1.807) is 6.92 Å². The summed E-state index contributed by atoms with van der Waals surface area (Å²) in [5.74, 6) is -1.60. The number of carboxylic acids is 1. The Hall–Kier alpha value is -2.84. The third kappa shape index (κ3) is 4.18.